The van der Waals surface area contributed by atoms with E-state index in [0.29, 0.717) is 22.5 Å². The van der Waals surface area contributed by atoms with Crippen LogP contribution in [0.2, 0.25) is 0 Å². The summed E-state index contributed by atoms with van der Waals surface area (Å²) in [5.74, 6) is -0.124. The summed E-state index contributed by atoms with van der Waals surface area (Å²) in [5, 5.41) is 11.3. The molecule has 5 heteroatoms. The molecule has 0 radical (unpaired) electrons. The number of benzene rings is 3. The molecule has 0 saturated heterocycles. The first kappa shape index (κ1) is 21.3. The van der Waals surface area contributed by atoms with Gasteiger partial charge in [-0.05, 0) is 55.1 Å². The van der Waals surface area contributed by atoms with Gasteiger partial charge in [-0.15, -0.1) is 0 Å². The van der Waals surface area contributed by atoms with E-state index in [1.807, 2.05) is 74.8 Å². The lowest BCUT2D eigenvalue weighted by Crippen LogP contribution is -2.10. The van der Waals surface area contributed by atoms with Crippen LogP contribution in [0.25, 0.3) is 17.7 Å². The van der Waals surface area contributed by atoms with Crippen molar-refractivity contribution in [1.82, 2.24) is 4.90 Å². The van der Waals surface area contributed by atoms with Gasteiger partial charge in [0.25, 0.3) is 5.91 Å². The van der Waals surface area contributed by atoms with Gasteiger partial charge in [-0.2, -0.15) is 0 Å². The maximum Gasteiger partial charge on any atom is 0.256 e. The van der Waals surface area contributed by atoms with Crippen molar-refractivity contribution in [2.75, 3.05) is 25.1 Å². The van der Waals surface area contributed by atoms with Crippen LogP contribution >= 0.6 is 0 Å². The molecule has 0 atom stereocenters. The molecule has 3 aromatic rings. The quantitative estimate of drug-likeness (QED) is 0.300. The van der Waals surface area contributed by atoms with Crippen LogP contribution in [-0.2, 0) is 11.3 Å². The third-order valence-corrected chi connectivity index (χ3v) is 5.31. The lowest BCUT2D eigenvalue weighted by atomic mass is 10.0. The third-order valence-electron chi connectivity index (χ3n) is 5.31. The van der Waals surface area contributed by atoms with Gasteiger partial charge in [0.1, 0.15) is 0 Å². The molecular formula is C27H26N4O. The molecule has 32 heavy (non-hydrogen) atoms. The summed E-state index contributed by atoms with van der Waals surface area (Å²) in [6, 6.07) is 21.4. The Kier molecular flexibility index (Phi) is 6.01. The van der Waals surface area contributed by atoms with E-state index in [1.54, 1.807) is 12.1 Å². The van der Waals surface area contributed by atoms with Gasteiger partial charge in [0.2, 0.25) is 0 Å². The summed E-state index contributed by atoms with van der Waals surface area (Å²) in [7, 11) is 4.09. The molecule has 0 bridgehead atoms. The van der Waals surface area contributed by atoms with E-state index in [1.165, 1.54) is 5.56 Å². The van der Waals surface area contributed by atoms with Gasteiger partial charge in [-0.3, -0.25) is 4.79 Å². The minimum absolute atomic E-state index is 0.124. The SMILES string of the molecule is CN(C)Cc1ccc(/C=C/C(=N)c2ccc(/C=C3/C(=O)Nc4ccccc43)cc2N)cc1. The van der Waals surface area contributed by atoms with Gasteiger partial charge in [0, 0.05) is 34.6 Å². The lowest BCUT2D eigenvalue weighted by molar-refractivity contribution is -0.110. The molecule has 0 saturated carbocycles. The number of nitrogen functional groups attached to an aromatic ring is 1. The molecular weight excluding hydrogens is 396 g/mol. The van der Waals surface area contributed by atoms with Crippen molar-refractivity contribution in [3.8, 4) is 0 Å². The van der Waals surface area contributed by atoms with Gasteiger partial charge in [-0.1, -0.05) is 60.7 Å². The summed E-state index contributed by atoms with van der Waals surface area (Å²) in [4.78, 5) is 14.5. The molecule has 160 valence electrons. The fraction of sp³-hybridized carbons (Fsp3) is 0.111. The Morgan fingerprint density at radius 3 is 2.47 bits per heavy atom. The number of nitrogens with one attached hydrogen (secondary N) is 2. The molecule has 0 fully saturated rings. The van der Waals surface area contributed by atoms with Crippen LogP contribution in [0.3, 0.4) is 0 Å². The zero-order valence-electron chi connectivity index (χ0n) is 18.2. The zero-order chi connectivity index (χ0) is 22.7. The Bertz CT molecular complexity index is 1240. The minimum Gasteiger partial charge on any atom is -0.398 e. The number of allylic oxidation sites excluding steroid dienone is 1. The van der Waals surface area contributed by atoms with Gasteiger partial charge >= 0.3 is 0 Å². The normalized spacial score (nSPS) is 14.2. The number of anilines is 2. The van der Waals surface area contributed by atoms with Gasteiger partial charge in [0.05, 0.1) is 5.71 Å². The van der Waals surface area contributed by atoms with Crippen LogP contribution in [0.5, 0.6) is 0 Å². The van der Waals surface area contributed by atoms with Gasteiger partial charge < -0.3 is 21.4 Å². The fourth-order valence-corrected chi connectivity index (χ4v) is 3.73. The van der Waals surface area contributed by atoms with Crippen LogP contribution < -0.4 is 11.1 Å². The van der Waals surface area contributed by atoms with E-state index >= 15 is 0 Å². The number of carbonyl (C=O) groups is 1. The molecule has 4 N–H and O–H groups in total. The van der Waals surface area contributed by atoms with Crippen molar-refractivity contribution in [3.05, 3.63) is 101 Å². The first-order valence-electron chi connectivity index (χ1n) is 10.4. The average Bonchev–Trinajstić information content (AvgIpc) is 3.08. The summed E-state index contributed by atoms with van der Waals surface area (Å²) in [6.45, 7) is 0.895. The van der Waals surface area contributed by atoms with Crippen molar-refractivity contribution in [2.45, 2.75) is 6.54 Å². The number of carbonyl (C=O) groups excluding carboxylic acids is 1. The standard InChI is InChI=1S/C27H26N4O/c1-31(2)17-19-9-7-18(8-10-19)12-14-24(28)22-13-11-20(16-25(22)29)15-23-21-5-3-4-6-26(21)30-27(23)32/h3-16,28H,17,29H2,1-2H3,(H,30,32)/b14-12+,23-15+,28-24?. The molecule has 0 unspecified atom stereocenters. The summed E-state index contributed by atoms with van der Waals surface area (Å²) >= 11 is 0. The number of nitrogens with two attached hydrogens (primary N) is 1. The van der Waals surface area contributed by atoms with Crippen LogP contribution in [-0.4, -0.2) is 30.6 Å². The van der Waals surface area contributed by atoms with Crippen molar-refractivity contribution in [2.24, 2.45) is 0 Å². The molecule has 1 amide bonds. The second-order valence-electron chi connectivity index (χ2n) is 8.13. The summed E-state index contributed by atoms with van der Waals surface area (Å²) in [5.41, 5.74) is 13.2. The van der Waals surface area contributed by atoms with Crippen LogP contribution in [0.15, 0.2) is 72.8 Å². The predicted molar refractivity (Wildman–Crippen MR) is 133 cm³/mol. The number of para-hydroxylation sites is 1. The second kappa shape index (κ2) is 9.04. The molecule has 1 heterocycles. The second-order valence-corrected chi connectivity index (χ2v) is 8.13. The Morgan fingerprint density at radius 1 is 1.03 bits per heavy atom. The number of nitrogens with zero attached hydrogens (tertiary/aromatic N) is 1. The largest absolute Gasteiger partial charge is 0.398 e. The van der Waals surface area contributed by atoms with Gasteiger partial charge in [0.15, 0.2) is 0 Å². The van der Waals surface area contributed by atoms with Crippen LogP contribution in [0.4, 0.5) is 11.4 Å². The van der Waals surface area contributed by atoms with Crippen LogP contribution in [0.1, 0.15) is 27.8 Å². The summed E-state index contributed by atoms with van der Waals surface area (Å²) in [6.07, 6.45) is 5.50. The molecule has 0 aromatic heterocycles. The number of rotatable bonds is 6. The highest BCUT2D eigenvalue weighted by atomic mass is 16.2. The molecule has 5 nitrogen and oxygen atoms in total. The first-order chi connectivity index (χ1) is 15.4. The highest BCUT2D eigenvalue weighted by molar-refractivity contribution is 6.35. The van der Waals surface area contributed by atoms with E-state index in [4.69, 9.17) is 11.1 Å². The van der Waals surface area contributed by atoms with Crippen molar-refractivity contribution in [3.63, 3.8) is 0 Å². The Balaban J connectivity index is 1.50. The van der Waals surface area contributed by atoms with E-state index < -0.39 is 0 Å². The molecule has 0 aliphatic carbocycles. The Morgan fingerprint density at radius 2 is 1.75 bits per heavy atom. The zero-order valence-corrected chi connectivity index (χ0v) is 18.2. The lowest BCUT2D eigenvalue weighted by Gasteiger charge is -2.09. The van der Waals surface area contributed by atoms with Crippen molar-refractivity contribution < 1.29 is 4.79 Å². The van der Waals surface area contributed by atoms with Gasteiger partial charge in [-0.25, -0.2) is 0 Å². The Hall–Kier alpha value is -3.96. The molecule has 3 aromatic carbocycles. The van der Waals surface area contributed by atoms with Crippen molar-refractivity contribution >= 4 is 40.7 Å². The smallest absolute Gasteiger partial charge is 0.256 e. The monoisotopic (exact) mass is 422 g/mol. The highest BCUT2D eigenvalue weighted by Gasteiger charge is 2.23. The molecule has 4 rings (SSSR count). The maximum atomic E-state index is 12.3. The maximum absolute atomic E-state index is 12.3. The molecule has 1 aliphatic rings. The number of amides is 1. The van der Waals surface area contributed by atoms with E-state index in [9.17, 15) is 4.79 Å². The average molecular weight is 423 g/mol. The molecule has 1 aliphatic heterocycles. The fourth-order valence-electron chi connectivity index (χ4n) is 3.73. The highest BCUT2D eigenvalue weighted by Crippen LogP contribution is 2.33. The van der Waals surface area contributed by atoms with Crippen molar-refractivity contribution in [1.29, 1.82) is 5.41 Å². The first-order valence-corrected chi connectivity index (χ1v) is 10.4. The number of hydrogen-bond donors (Lipinski definition) is 3. The minimum atomic E-state index is -0.124. The topological polar surface area (TPSA) is 82.2 Å². The number of fused-ring (bicyclic) bond motifs is 1. The van der Waals surface area contributed by atoms with E-state index in [-0.39, 0.29) is 5.91 Å². The van der Waals surface area contributed by atoms with E-state index in [0.717, 1.165) is 28.9 Å². The summed E-state index contributed by atoms with van der Waals surface area (Å²) < 4.78 is 0. The Labute approximate surface area is 188 Å². The van der Waals surface area contributed by atoms with E-state index in [2.05, 4.69) is 22.3 Å². The number of hydrogen-bond acceptors (Lipinski definition) is 4. The van der Waals surface area contributed by atoms with Crippen LogP contribution in [0, 0.1) is 5.41 Å². The predicted octanol–water partition coefficient (Wildman–Crippen LogP) is 4.90. The molecule has 0 spiro atoms. The third kappa shape index (κ3) is 4.68.